The molecule has 2 N–H and O–H groups in total. The highest BCUT2D eigenvalue weighted by molar-refractivity contribution is 5.84. The van der Waals surface area contributed by atoms with E-state index < -0.39 is 11.6 Å². The molecule has 0 saturated heterocycles. The Kier molecular flexibility index (Phi) is 2.59. The molecule has 0 fully saturated rings. The minimum atomic E-state index is -1.03. The minimum Gasteiger partial charge on any atom is -0.508 e. The number of hydrogen-bond acceptors (Lipinski definition) is 4. The van der Waals surface area contributed by atoms with Gasteiger partial charge in [-0.1, -0.05) is 0 Å². The molecule has 17 heavy (non-hydrogen) atoms. The standard InChI is InChI=1S/C12H10O5/c1-6-2-12(16)17-10-5-9(13)7(3-8(6)10)4-11(14)15/h2-3,5,13H,4H2,1H3,(H,14,15). The molecule has 0 bridgehead atoms. The van der Waals surface area contributed by atoms with E-state index in [1.54, 1.807) is 6.92 Å². The fraction of sp³-hybridized carbons (Fsp3) is 0.167. The zero-order valence-electron chi connectivity index (χ0n) is 9.06. The first-order chi connectivity index (χ1) is 7.97. The van der Waals surface area contributed by atoms with E-state index in [4.69, 9.17) is 9.52 Å². The summed E-state index contributed by atoms with van der Waals surface area (Å²) >= 11 is 0. The summed E-state index contributed by atoms with van der Waals surface area (Å²) in [7, 11) is 0. The van der Waals surface area contributed by atoms with Crippen molar-refractivity contribution in [2.75, 3.05) is 0 Å². The van der Waals surface area contributed by atoms with Gasteiger partial charge in [-0.3, -0.25) is 4.79 Å². The molecule has 2 aromatic rings. The molecule has 1 heterocycles. The number of carboxylic acid groups (broad SMARTS) is 1. The van der Waals surface area contributed by atoms with E-state index in [2.05, 4.69) is 0 Å². The number of aliphatic carboxylic acids is 1. The number of hydrogen-bond donors (Lipinski definition) is 2. The molecule has 0 amide bonds. The molecule has 0 atom stereocenters. The molecule has 2 rings (SSSR count). The molecule has 5 nitrogen and oxygen atoms in total. The maximum absolute atomic E-state index is 11.1. The number of carbonyl (C=O) groups is 1. The number of phenols is 1. The van der Waals surface area contributed by atoms with E-state index in [-0.39, 0.29) is 17.8 Å². The molecular formula is C12H10O5. The van der Waals surface area contributed by atoms with Crippen LogP contribution in [0.25, 0.3) is 11.0 Å². The molecule has 1 aromatic carbocycles. The van der Waals surface area contributed by atoms with Gasteiger partial charge < -0.3 is 14.6 Å². The average molecular weight is 234 g/mol. The summed E-state index contributed by atoms with van der Waals surface area (Å²) in [5, 5.41) is 18.9. The summed E-state index contributed by atoms with van der Waals surface area (Å²) in [4.78, 5) is 21.7. The van der Waals surface area contributed by atoms with Gasteiger partial charge in [0.1, 0.15) is 11.3 Å². The van der Waals surface area contributed by atoms with E-state index in [1.165, 1.54) is 18.2 Å². The SMILES string of the molecule is Cc1cc(=O)oc2cc(O)c(CC(=O)O)cc12. The normalized spacial score (nSPS) is 10.6. The first kappa shape index (κ1) is 11.2. The molecule has 0 aliphatic heterocycles. The van der Waals surface area contributed by atoms with Gasteiger partial charge in [0.05, 0.1) is 6.42 Å². The van der Waals surface area contributed by atoms with Gasteiger partial charge in [0.25, 0.3) is 0 Å². The van der Waals surface area contributed by atoms with Crippen molar-refractivity contribution >= 4 is 16.9 Å². The molecule has 0 aliphatic rings. The van der Waals surface area contributed by atoms with Gasteiger partial charge in [-0.2, -0.15) is 0 Å². The summed E-state index contributed by atoms with van der Waals surface area (Å²) < 4.78 is 4.92. The molecule has 88 valence electrons. The second-order valence-electron chi connectivity index (χ2n) is 3.80. The van der Waals surface area contributed by atoms with Crippen molar-refractivity contribution < 1.29 is 19.4 Å². The van der Waals surface area contributed by atoms with Crippen molar-refractivity contribution in [2.45, 2.75) is 13.3 Å². The predicted octanol–water partition coefficient (Wildman–Crippen LogP) is 1.43. The van der Waals surface area contributed by atoms with Crippen molar-refractivity contribution in [3.05, 3.63) is 39.7 Å². The van der Waals surface area contributed by atoms with Gasteiger partial charge in [-0.25, -0.2) is 4.79 Å². The third kappa shape index (κ3) is 2.13. The Balaban J connectivity index is 2.71. The van der Waals surface area contributed by atoms with E-state index in [0.717, 1.165) is 0 Å². The molecule has 0 radical (unpaired) electrons. The quantitative estimate of drug-likeness (QED) is 0.767. The van der Waals surface area contributed by atoms with Crippen LogP contribution in [0.4, 0.5) is 0 Å². The van der Waals surface area contributed by atoms with Crippen LogP contribution in [0.2, 0.25) is 0 Å². The topological polar surface area (TPSA) is 87.7 Å². The maximum Gasteiger partial charge on any atom is 0.336 e. The second-order valence-corrected chi connectivity index (χ2v) is 3.80. The molecule has 5 heteroatoms. The highest BCUT2D eigenvalue weighted by Gasteiger charge is 2.11. The Bertz CT molecular complexity index is 654. The van der Waals surface area contributed by atoms with Gasteiger partial charge in [0, 0.05) is 23.1 Å². The number of rotatable bonds is 2. The van der Waals surface area contributed by atoms with Crippen LogP contribution in [-0.2, 0) is 11.2 Å². The Morgan fingerprint density at radius 1 is 1.35 bits per heavy atom. The Labute approximate surface area is 95.9 Å². The fourth-order valence-corrected chi connectivity index (χ4v) is 1.70. The lowest BCUT2D eigenvalue weighted by Gasteiger charge is -2.05. The number of fused-ring (bicyclic) bond motifs is 1. The Morgan fingerprint density at radius 2 is 2.06 bits per heavy atom. The first-order valence-corrected chi connectivity index (χ1v) is 4.95. The largest absolute Gasteiger partial charge is 0.508 e. The van der Waals surface area contributed by atoms with Crippen molar-refractivity contribution in [3.8, 4) is 5.75 Å². The summed E-state index contributed by atoms with van der Waals surface area (Å²) in [5.41, 5.74) is 0.729. The van der Waals surface area contributed by atoms with E-state index in [0.29, 0.717) is 16.5 Å². The number of phenolic OH excluding ortho intramolecular Hbond substituents is 1. The molecule has 0 aliphatic carbocycles. The summed E-state index contributed by atoms with van der Waals surface area (Å²) in [6, 6.07) is 4.11. The van der Waals surface area contributed by atoms with E-state index in [9.17, 15) is 14.7 Å². The lowest BCUT2D eigenvalue weighted by molar-refractivity contribution is -0.136. The average Bonchev–Trinajstić information content (AvgIpc) is 2.19. The van der Waals surface area contributed by atoms with Crippen LogP contribution in [-0.4, -0.2) is 16.2 Å². The monoisotopic (exact) mass is 234 g/mol. The summed E-state index contributed by atoms with van der Waals surface area (Å²) in [5.74, 6) is -1.22. The van der Waals surface area contributed by atoms with Crippen LogP contribution < -0.4 is 5.63 Å². The van der Waals surface area contributed by atoms with E-state index >= 15 is 0 Å². The van der Waals surface area contributed by atoms with Crippen LogP contribution >= 0.6 is 0 Å². The van der Waals surface area contributed by atoms with Crippen molar-refractivity contribution in [3.63, 3.8) is 0 Å². The molecule has 0 unspecified atom stereocenters. The van der Waals surface area contributed by atoms with Crippen LogP contribution in [0.15, 0.2) is 27.4 Å². The Morgan fingerprint density at radius 3 is 2.71 bits per heavy atom. The van der Waals surface area contributed by atoms with Gasteiger partial charge in [-0.15, -0.1) is 0 Å². The smallest absolute Gasteiger partial charge is 0.336 e. The summed E-state index contributed by atoms with van der Waals surface area (Å²) in [6.07, 6.45) is -0.277. The number of aryl methyl sites for hydroxylation is 1. The third-order valence-electron chi connectivity index (χ3n) is 2.49. The molecule has 1 aromatic heterocycles. The maximum atomic E-state index is 11.1. The zero-order valence-corrected chi connectivity index (χ0v) is 9.06. The Hall–Kier alpha value is -2.30. The van der Waals surface area contributed by atoms with Gasteiger partial charge in [0.15, 0.2) is 0 Å². The van der Waals surface area contributed by atoms with Crippen molar-refractivity contribution in [1.82, 2.24) is 0 Å². The lowest BCUT2D eigenvalue weighted by atomic mass is 10.0. The van der Waals surface area contributed by atoms with Crippen LogP contribution in [0.1, 0.15) is 11.1 Å². The number of carboxylic acids is 1. The fourth-order valence-electron chi connectivity index (χ4n) is 1.70. The van der Waals surface area contributed by atoms with Crippen molar-refractivity contribution in [2.24, 2.45) is 0 Å². The zero-order chi connectivity index (χ0) is 12.6. The van der Waals surface area contributed by atoms with Gasteiger partial charge in [0.2, 0.25) is 0 Å². The van der Waals surface area contributed by atoms with Crippen LogP contribution in [0.3, 0.4) is 0 Å². The van der Waals surface area contributed by atoms with E-state index in [1.807, 2.05) is 0 Å². The predicted molar refractivity (Wildman–Crippen MR) is 60.2 cm³/mol. The van der Waals surface area contributed by atoms with Crippen molar-refractivity contribution in [1.29, 1.82) is 0 Å². The third-order valence-corrected chi connectivity index (χ3v) is 2.49. The van der Waals surface area contributed by atoms with Gasteiger partial charge >= 0.3 is 11.6 Å². The highest BCUT2D eigenvalue weighted by atomic mass is 16.4. The number of benzene rings is 1. The lowest BCUT2D eigenvalue weighted by Crippen LogP contribution is -2.02. The first-order valence-electron chi connectivity index (χ1n) is 4.95. The molecule has 0 spiro atoms. The highest BCUT2D eigenvalue weighted by Crippen LogP contribution is 2.26. The molecule has 0 saturated carbocycles. The second kappa shape index (κ2) is 3.93. The van der Waals surface area contributed by atoms with Crippen LogP contribution in [0.5, 0.6) is 5.75 Å². The summed E-state index contributed by atoms with van der Waals surface area (Å²) in [6.45, 7) is 1.72. The minimum absolute atomic E-state index is 0.186. The molecular weight excluding hydrogens is 224 g/mol. The number of aromatic hydroxyl groups is 1. The van der Waals surface area contributed by atoms with Gasteiger partial charge in [-0.05, 0) is 18.6 Å². The van der Waals surface area contributed by atoms with Crippen LogP contribution in [0, 0.1) is 6.92 Å².